The van der Waals surface area contributed by atoms with Gasteiger partial charge in [-0.2, -0.15) is 10.2 Å². The van der Waals surface area contributed by atoms with Crippen LogP contribution in [0.15, 0.2) is 34.4 Å². The number of rotatable bonds is 6. The molecule has 10 heteroatoms. The standard InChI is InChI=1S/C27H30N8O2/c1-5-7-11-21-18(3)14-19(15-28)22(30-21)17-35-25(36)23-24(32(4)27(35)37)31-26(34(23)13-8-6-2)33-12-9-10-20(29)16-33/h5,7,11,14,20H,1,9-10,12-13,16-17,29H2,2-4H3. The van der Waals surface area contributed by atoms with Crippen LogP contribution >= 0.6 is 0 Å². The van der Waals surface area contributed by atoms with Crippen LogP contribution < -0.4 is 21.9 Å². The lowest BCUT2D eigenvalue weighted by molar-refractivity contribution is 0.496. The van der Waals surface area contributed by atoms with Crippen LogP contribution in [0.1, 0.15) is 42.3 Å². The maximum absolute atomic E-state index is 13.8. The summed E-state index contributed by atoms with van der Waals surface area (Å²) in [4.78, 5) is 38.6. The van der Waals surface area contributed by atoms with Crippen molar-refractivity contribution < 1.29 is 0 Å². The topological polar surface area (TPSA) is 128 Å². The van der Waals surface area contributed by atoms with Crippen LogP contribution in [0.3, 0.4) is 0 Å². The fourth-order valence-electron chi connectivity index (χ4n) is 4.60. The molecule has 2 N–H and O–H groups in total. The van der Waals surface area contributed by atoms with Crippen LogP contribution in [0, 0.1) is 30.1 Å². The maximum Gasteiger partial charge on any atom is 0.332 e. The molecule has 0 saturated carbocycles. The molecule has 0 spiro atoms. The molecule has 0 aliphatic carbocycles. The van der Waals surface area contributed by atoms with Gasteiger partial charge in [0.15, 0.2) is 11.2 Å². The molecule has 3 aromatic rings. The van der Waals surface area contributed by atoms with Gasteiger partial charge in [0.2, 0.25) is 5.95 Å². The number of hydrogen-bond acceptors (Lipinski definition) is 7. The first-order valence-electron chi connectivity index (χ1n) is 12.1. The van der Waals surface area contributed by atoms with Crippen LogP contribution in [-0.4, -0.2) is 42.8 Å². The van der Waals surface area contributed by atoms with Crippen molar-refractivity contribution in [2.45, 2.75) is 45.8 Å². The molecule has 190 valence electrons. The molecule has 37 heavy (non-hydrogen) atoms. The first-order chi connectivity index (χ1) is 17.8. The zero-order valence-corrected chi connectivity index (χ0v) is 21.4. The Kier molecular flexibility index (Phi) is 7.42. The van der Waals surface area contributed by atoms with Gasteiger partial charge in [-0.1, -0.05) is 24.7 Å². The molecule has 0 radical (unpaired) electrons. The lowest BCUT2D eigenvalue weighted by Gasteiger charge is -2.31. The second kappa shape index (κ2) is 10.7. The highest BCUT2D eigenvalue weighted by Gasteiger charge is 2.26. The Labute approximate surface area is 215 Å². The summed E-state index contributed by atoms with van der Waals surface area (Å²) in [5, 5.41) is 9.72. The molecule has 4 rings (SSSR count). The largest absolute Gasteiger partial charge is 0.341 e. The number of hydrogen-bond donors (Lipinski definition) is 1. The Balaban J connectivity index is 1.93. The fourth-order valence-corrected chi connectivity index (χ4v) is 4.60. The van der Waals surface area contributed by atoms with Gasteiger partial charge in [-0.3, -0.25) is 18.5 Å². The highest BCUT2D eigenvalue weighted by molar-refractivity contribution is 5.75. The van der Waals surface area contributed by atoms with Gasteiger partial charge in [0.25, 0.3) is 5.56 Å². The lowest BCUT2D eigenvalue weighted by Crippen LogP contribution is -2.44. The summed E-state index contributed by atoms with van der Waals surface area (Å²) in [6.07, 6.45) is 6.96. The van der Waals surface area contributed by atoms with Crippen molar-refractivity contribution in [1.82, 2.24) is 23.7 Å². The predicted molar refractivity (Wildman–Crippen MR) is 144 cm³/mol. The van der Waals surface area contributed by atoms with E-state index in [1.165, 1.54) is 4.57 Å². The molecule has 1 saturated heterocycles. The Bertz CT molecular complexity index is 1620. The smallest absolute Gasteiger partial charge is 0.332 e. The summed E-state index contributed by atoms with van der Waals surface area (Å²) >= 11 is 0. The summed E-state index contributed by atoms with van der Waals surface area (Å²) in [5.74, 6) is 6.47. The summed E-state index contributed by atoms with van der Waals surface area (Å²) in [6, 6.07) is 3.84. The quantitative estimate of drug-likeness (QED) is 0.404. The van der Waals surface area contributed by atoms with Gasteiger partial charge in [0.1, 0.15) is 6.07 Å². The number of nitrogens with two attached hydrogens (primary N) is 1. The van der Waals surface area contributed by atoms with E-state index in [9.17, 15) is 14.9 Å². The average molecular weight is 499 g/mol. The van der Waals surface area contributed by atoms with Crippen LogP contribution in [0.4, 0.5) is 5.95 Å². The molecule has 0 aromatic carbocycles. The third-order valence-corrected chi connectivity index (χ3v) is 6.52. The normalized spacial score (nSPS) is 15.5. The van der Waals surface area contributed by atoms with Gasteiger partial charge in [0, 0.05) is 26.2 Å². The molecule has 1 unspecified atom stereocenters. The van der Waals surface area contributed by atoms with Gasteiger partial charge in [-0.15, -0.1) is 5.92 Å². The highest BCUT2D eigenvalue weighted by Crippen LogP contribution is 2.23. The molecule has 0 bridgehead atoms. The van der Waals surface area contributed by atoms with E-state index >= 15 is 0 Å². The number of nitriles is 1. The summed E-state index contributed by atoms with van der Waals surface area (Å²) in [7, 11) is 1.58. The van der Waals surface area contributed by atoms with E-state index in [0.717, 1.165) is 29.5 Å². The minimum absolute atomic E-state index is 0.00102. The minimum atomic E-state index is -0.542. The summed E-state index contributed by atoms with van der Waals surface area (Å²) in [5.41, 5.74) is 7.78. The number of aryl methyl sites for hydroxylation is 2. The third-order valence-electron chi connectivity index (χ3n) is 6.52. The van der Waals surface area contributed by atoms with Crippen LogP contribution in [0.25, 0.3) is 17.2 Å². The van der Waals surface area contributed by atoms with Gasteiger partial charge in [-0.05, 0) is 44.4 Å². The van der Waals surface area contributed by atoms with Crippen molar-refractivity contribution in [3.63, 3.8) is 0 Å². The van der Waals surface area contributed by atoms with Gasteiger partial charge in [0.05, 0.1) is 30.0 Å². The number of allylic oxidation sites excluding steroid dienone is 2. The van der Waals surface area contributed by atoms with Crippen molar-refractivity contribution in [3.8, 4) is 17.9 Å². The lowest BCUT2D eigenvalue weighted by atomic mass is 10.1. The molecule has 4 heterocycles. The van der Waals surface area contributed by atoms with Crippen LogP contribution in [0.2, 0.25) is 0 Å². The van der Waals surface area contributed by atoms with Crippen molar-refractivity contribution in [3.05, 3.63) is 68.2 Å². The first kappa shape index (κ1) is 25.7. The monoisotopic (exact) mass is 498 g/mol. The number of pyridine rings is 1. The van der Waals surface area contributed by atoms with Gasteiger partial charge < -0.3 is 10.6 Å². The maximum atomic E-state index is 13.8. The van der Waals surface area contributed by atoms with Gasteiger partial charge in [-0.25, -0.2) is 9.78 Å². The zero-order chi connectivity index (χ0) is 26.7. The van der Waals surface area contributed by atoms with E-state index < -0.39 is 11.2 Å². The molecule has 3 aromatic heterocycles. The minimum Gasteiger partial charge on any atom is -0.341 e. The number of fused-ring (bicyclic) bond motifs is 1. The number of piperidine rings is 1. The van der Waals surface area contributed by atoms with Gasteiger partial charge >= 0.3 is 5.69 Å². The average Bonchev–Trinajstić information content (AvgIpc) is 3.28. The van der Waals surface area contributed by atoms with Crippen molar-refractivity contribution in [2.75, 3.05) is 18.0 Å². The third kappa shape index (κ3) is 4.84. The Morgan fingerprint density at radius 2 is 2.08 bits per heavy atom. The molecule has 1 atom stereocenters. The van der Waals surface area contributed by atoms with E-state index in [-0.39, 0.29) is 30.3 Å². The van der Waals surface area contributed by atoms with E-state index in [0.29, 0.717) is 29.4 Å². The highest BCUT2D eigenvalue weighted by atomic mass is 16.2. The second-order valence-corrected chi connectivity index (χ2v) is 9.07. The van der Waals surface area contributed by atoms with E-state index in [4.69, 9.17) is 10.7 Å². The molecular formula is C27H30N8O2. The van der Waals surface area contributed by atoms with Crippen molar-refractivity contribution in [2.24, 2.45) is 12.8 Å². The van der Waals surface area contributed by atoms with Crippen molar-refractivity contribution in [1.29, 1.82) is 5.26 Å². The first-order valence-corrected chi connectivity index (χ1v) is 12.1. The van der Waals surface area contributed by atoms with Crippen LogP contribution in [0.5, 0.6) is 0 Å². The Morgan fingerprint density at radius 3 is 2.76 bits per heavy atom. The number of anilines is 1. The summed E-state index contributed by atoms with van der Waals surface area (Å²) in [6.45, 7) is 8.68. The second-order valence-electron chi connectivity index (χ2n) is 9.07. The SMILES string of the molecule is C=CC=Cc1nc(Cn2c(=O)c3c(nc(N4CCCC(N)C4)n3CC#CC)n(C)c2=O)c(C#N)cc1C. The van der Waals surface area contributed by atoms with E-state index in [2.05, 4.69) is 29.5 Å². The predicted octanol–water partition coefficient (Wildman–Crippen LogP) is 1.67. The van der Waals surface area contributed by atoms with Crippen LogP contribution in [-0.2, 0) is 20.1 Å². The Morgan fingerprint density at radius 1 is 1.30 bits per heavy atom. The molecular weight excluding hydrogens is 468 g/mol. The molecule has 10 nitrogen and oxygen atoms in total. The number of aromatic nitrogens is 5. The van der Waals surface area contributed by atoms with E-state index in [1.807, 2.05) is 11.8 Å². The Hall–Kier alpha value is -4.41. The van der Waals surface area contributed by atoms with Crippen molar-refractivity contribution >= 4 is 23.2 Å². The fraction of sp³-hybridized carbons (Fsp3) is 0.370. The molecule has 1 aliphatic heterocycles. The number of imidazole rings is 1. The molecule has 1 aliphatic rings. The molecule has 1 fully saturated rings. The molecule has 0 amide bonds. The summed E-state index contributed by atoms with van der Waals surface area (Å²) < 4.78 is 4.22. The zero-order valence-electron chi connectivity index (χ0n) is 21.4. The number of nitrogens with zero attached hydrogens (tertiary/aromatic N) is 7. The van der Waals surface area contributed by atoms with E-state index in [1.54, 1.807) is 42.8 Å².